The maximum absolute atomic E-state index is 13.1. The van der Waals surface area contributed by atoms with Crippen molar-refractivity contribution in [2.24, 2.45) is 0 Å². The molecule has 1 amide bonds. The molecule has 0 aromatic heterocycles. The Labute approximate surface area is 122 Å². The molecule has 0 unspecified atom stereocenters. The highest BCUT2D eigenvalue weighted by Crippen LogP contribution is 2.23. The van der Waals surface area contributed by atoms with E-state index >= 15 is 0 Å². The van der Waals surface area contributed by atoms with Crippen molar-refractivity contribution < 1.29 is 9.18 Å². The highest BCUT2D eigenvalue weighted by Gasteiger charge is 2.23. The van der Waals surface area contributed by atoms with Gasteiger partial charge in [-0.1, -0.05) is 29.8 Å². The van der Waals surface area contributed by atoms with Crippen LogP contribution in [0.5, 0.6) is 0 Å². The first-order chi connectivity index (χ1) is 9.38. The van der Waals surface area contributed by atoms with Crippen LogP contribution in [-0.4, -0.2) is 5.91 Å². The lowest BCUT2D eigenvalue weighted by atomic mass is 9.94. The fourth-order valence-electron chi connectivity index (χ4n) is 1.94. The maximum Gasteiger partial charge on any atom is 0.252 e. The minimum atomic E-state index is -0.603. The Balaban J connectivity index is 2.22. The van der Waals surface area contributed by atoms with E-state index in [9.17, 15) is 9.18 Å². The molecular formula is C16H15ClFNO. The molecule has 0 atom stereocenters. The number of carbonyl (C=O) groups excluding carboxylic acids is 1. The SMILES string of the molecule is CC(C)(NC(=O)c1cccc(F)c1)c1cccc(Cl)c1. The van der Waals surface area contributed by atoms with Gasteiger partial charge >= 0.3 is 0 Å². The fourth-order valence-corrected chi connectivity index (χ4v) is 2.13. The van der Waals surface area contributed by atoms with Crippen LogP contribution < -0.4 is 5.32 Å². The molecule has 0 aliphatic carbocycles. The van der Waals surface area contributed by atoms with E-state index in [1.165, 1.54) is 18.2 Å². The molecule has 104 valence electrons. The summed E-state index contributed by atoms with van der Waals surface area (Å²) in [6, 6.07) is 12.9. The molecule has 1 N–H and O–H groups in total. The molecule has 0 aliphatic rings. The van der Waals surface area contributed by atoms with Gasteiger partial charge in [-0.3, -0.25) is 4.79 Å². The standard InChI is InChI=1S/C16H15ClFNO/c1-16(2,12-6-4-7-13(17)10-12)19-15(20)11-5-3-8-14(18)9-11/h3-10H,1-2H3,(H,19,20). The second kappa shape index (κ2) is 5.63. The number of benzene rings is 2. The van der Waals surface area contributed by atoms with Gasteiger partial charge in [0.2, 0.25) is 0 Å². The molecule has 0 heterocycles. The average Bonchev–Trinajstić information content (AvgIpc) is 2.38. The summed E-state index contributed by atoms with van der Waals surface area (Å²) >= 11 is 5.96. The van der Waals surface area contributed by atoms with Crippen LogP contribution in [0.3, 0.4) is 0 Å². The second-order valence-electron chi connectivity index (χ2n) is 5.10. The normalized spacial score (nSPS) is 11.2. The Morgan fingerprint density at radius 2 is 1.85 bits per heavy atom. The van der Waals surface area contributed by atoms with Gasteiger partial charge in [0.05, 0.1) is 5.54 Å². The lowest BCUT2D eigenvalue weighted by Gasteiger charge is -2.27. The predicted molar refractivity (Wildman–Crippen MR) is 78.3 cm³/mol. The van der Waals surface area contributed by atoms with Crippen LogP contribution in [0, 0.1) is 5.82 Å². The Morgan fingerprint density at radius 3 is 2.50 bits per heavy atom. The van der Waals surface area contributed by atoms with Gasteiger partial charge in [-0.05, 0) is 49.7 Å². The lowest BCUT2D eigenvalue weighted by Crippen LogP contribution is -2.41. The van der Waals surface area contributed by atoms with E-state index in [1.54, 1.807) is 18.2 Å². The van der Waals surface area contributed by atoms with E-state index in [-0.39, 0.29) is 5.91 Å². The quantitative estimate of drug-likeness (QED) is 0.904. The minimum absolute atomic E-state index is 0.292. The third-order valence-corrected chi connectivity index (χ3v) is 3.29. The van der Waals surface area contributed by atoms with Gasteiger partial charge in [0.15, 0.2) is 0 Å². The van der Waals surface area contributed by atoms with E-state index in [2.05, 4.69) is 5.32 Å². The van der Waals surface area contributed by atoms with Crippen molar-refractivity contribution in [3.63, 3.8) is 0 Å². The monoisotopic (exact) mass is 291 g/mol. The number of hydrogen-bond acceptors (Lipinski definition) is 1. The number of carbonyl (C=O) groups is 1. The van der Waals surface area contributed by atoms with E-state index in [0.29, 0.717) is 10.6 Å². The summed E-state index contributed by atoms with van der Waals surface area (Å²) < 4.78 is 13.1. The summed E-state index contributed by atoms with van der Waals surface area (Å²) in [5.41, 5.74) is 0.573. The van der Waals surface area contributed by atoms with Crippen LogP contribution in [0.15, 0.2) is 48.5 Å². The van der Waals surface area contributed by atoms with E-state index in [0.717, 1.165) is 5.56 Å². The topological polar surface area (TPSA) is 29.1 Å². The number of rotatable bonds is 3. The van der Waals surface area contributed by atoms with Crippen molar-refractivity contribution in [1.82, 2.24) is 5.32 Å². The molecule has 0 bridgehead atoms. The van der Waals surface area contributed by atoms with Gasteiger partial charge in [0.25, 0.3) is 5.91 Å². The highest BCUT2D eigenvalue weighted by atomic mass is 35.5. The zero-order valence-electron chi connectivity index (χ0n) is 11.3. The number of nitrogens with one attached hydrogen (secondary N) is 1. The number of amides is 1. The number of halogens is 2. The van der Waals surface area contributed by atoms with Crippen molar-refractivity contribution in [2.75, 3.05) is 0 Å². The van der Waals surface area contributed by atoms with E-state index < -0.39 is 11.4 Å². The third-order valence-electron chi connectivity index (χ3n) is 3.06. The Morgan fingerprint density at radius 1 is 1.15 bits per heavy atom. The minimum Gasteiger partial charge on any atom is -0.343 e. The summed E-state index contributed by atoms with van der Waals surface area (Å²) in [6.07, 6.45) is 0. The Bertz CT molecular complexity index is 640. The first kappa shape index (κ1) is 14.5. The molecule has 0 spiro atoms. The second-order valence-corrected chi connectivity index (χ2v) is 5.54. The first-order valence-electron chi connectivity index (χ1n) is 6.22. The lowest BCUT2D eigenvalue weighted by molar-refractivity contribution is 0.0911. The molecule has 4 heteroatoms. The third kappa shape index (κ3) is 3.36. The summed E-state index contributed by atoms with van der Waals surface area (Å²) in [6.45, 7) is 3.74. The summed E-state index contributed by atoms with van der Waals surface area (Å²) in [7, 11) is 0. The van der Waals surface area contributed by atoms with Gasteiger partial charge in [0, 0.05) is 10.6 Å². The molecule has 0 radical (unpaired) electrons. The number of hydrogen-bond donors (Lipinski definition) is 1. The van der Waals surface area contributed by atoms with Crippen LogP contribution in [0.2, 0.25) is 5.02 Å². The van der Waals surface area contributed by atoms with Crippen molar-refractivity contribution in [3.8, 4) is 0 Å². The summed E-state index contributed by atoms with van der Waals surface area (Å²) in [4.78, 5) is 12.2. The van der Waals surface area contributed by atoms with Crippen molar-refractivity contribution in [1.29, 1.82) is 0 Å². The summed E-state index contributed by atoms with van der Waals surface area (Å²) in [5, 5.41) is 3.49. The van der Waals surface area contributed by atoms with E-state index in [4.69, 9.17) is 11.6 Å². The van der Waals surface area contributed by atoms with Gasteiger partial charge in [-0.2, -0.15) is 0 Å². The molecular weight excluding hydrogens is 277 g/mol. The molecule has 0 saturated heterocycles. The van der Waals surface area contributed by atoms with Gasteiger partial charge in [0.1, 0.15) is 5.82 Å². The molecule has 20 heavy (non-hydrogen) atoms. The smallest absolute Gasteiger partial charge is 0.252 e. The van der Waals surface area contributed by atoms with Crippen LogP contribution in [0.25, 0.3) is 0 Å². The van der Waals surface area contributed by atoms with Crippen LogP contribution in [0.1, 0.15) is 29.8 Å². The van der Waals surface area contributed by atoms with Gasteiger partial charge in [-0.25, -0.2) is 4.39 Å². The molecule has 0 saturated carbocycles. The zero-order chi connectivity index (χ0) is 14.8. The Kier molecular flexibility index (Phi) is 4.09. The van der Waals surface area contributed by atoms with Crippen molar-refractivity contribution in [2.45, 2.75) is 19.4 Å². The van der Waals surface area contributed by atoms with Gasteiger partial charge in [-0.15, -0.1) is 0 Å². The fraction of sp³-hybridized carbons (Fsp3) is 0.188. The molecule has 0 fully saturated rings. The molecule has 2 rings (SSSR count). The average molecular weight is 292 g/mol. The Hall–Kier alpha value is -1.87. The van der Waals surface area contributed by atoms with Crippen LogP contribution in [-0.2, 0) is 5.54 Å². The van der Waals surface area contributed by atoms with Crippen molar-refractivity contribution in [3.05, 3.63) is 70.5 Å². The van der Waals surface area contributed by atoms with Gasteiger partial charge < -0.3 is 5.32 Å². The van der Waals surface area contributed by atoms with E-state index in [1.807, 2.05) is 26.0 Å². The largest absolute Gasteiger partial charge is 0.343 e. The molecule has 0 aliphatic heterocycles. The van der Waals surface area contributed by atoms with Crippen LogP contribution >= 0.6 is 11.6 Å². The summed E-state index contributed by atoms with van der Waals surface area (Å²) in [5.74, 6) is -0.757. The van der Waals surface area contributed by atoms with Crippen molar-refractivity contribution >= 4 is 17.5 Å². The highest BCUT2D eigenvalue weighted by molar-refractivity contribution is 6.30. The maximum atomic E-state index is 13.1. The first-order valence-corrected chi connectivity index (χ1v) is 6.60. The zero-order valence-corrected chi connectivity index (χ0v) is 12.0. The molecule has 2 nitrogen and oxygen atoms in total. The molecule has 2 aromatic rings. The van der Waals surface area contributed by atoms with Crippen LogP contribution in [0.4, 0.5) is 4.39 Å². The predicted octanol–water partition coefficient (Wildman–Crippen LogP) is 4.14. The molecule has 2 aromatic carbocycles.